The topological polar surface area (TPSA) is 105 Å². The van der Waals surface area contributed by atoms with E-state index in [-0.39, 0.29) is 24.7 Å². The number of amides is 1. The summed E-state index contributed by atoms with van der Waals surface area (Å²) in [5.74, 6) is 0.405. The van der Waals surface area contributed by atoms with Crippen LogP contribution in [0.15, 0.2) is 35.1 Å². The van der Waals surface area contributed by atoms with Gasteiger partial charge in [-0.25, -0.2) is 8.42 Å². The molecule has 0 spiro atoms. The molecule has 2 aromatic heterocycles. The molecule has 0 aliphatic carbocycles. The standard InChI is InChI=1S/C14H18N4O4S/c1-11-8-13(17-22-11)18(23(2,20)21)7-5-14(19)16-10-12-4-3-6-15-9-12/h3-4,6,8-9H,5,7,10H2,1-2H3,(H,16,19). The number of anilines is 1. The third-order valence-electron chi connectivity index (χ3n) is 3.03. The van der Waals surface area contributed by atoms with E-state index in [2.05, 4.69) is 15.5 Å². The Kier molecular flexibility index (Phi) is 5.32. The average Bonchev–Trinajstić information content (AvgIpc) is 2.91. The van der Waals surface area contributed by atoms with E-state index in [0.29, 0.717) is 12.3 Å². The number of carbonyl (C=O) groups excluding carboxylic acids is 1. The van der Waals surface area contributed by atoms with Gasteiger partial charge in [-0.05, 0) is 18.6 Å². The molecule has 2 aromatic rings. The lowest BCUT2D eigenvalue weighted by Crippen LogP contribution is -2.34. The van der Waals surface area contributed by atoms with Gasteiger partial charge in [0.1, 0.15) is 5.76 Å². The average molecular weight is 338 g/mol. The lowest BCUT2D eigenvalue weighted by atomic mass is 10.3. The molecule has 2 heterocycles. The molecule has 0 fully saturated rings. The molecule has 0 saturated heterocycles. The number of pyridine rings is 1. The predicted molar refractivity (Wildman–Crippen MR) is 84.1 cm³/mol. The zero-order valence-corrected chi connectivity index (χ0v) is 13.7. The van der Waals surface area contributed by atoms with Gasteiger partial charge >= 0.3 is 0 Å². The lowest BCUT2D eigenvalue weighted by Gasteiger charge is -2.18. The molecule has 1 N–H and O–H groups in total. The number of sulfonamides is 1. The molecule has 0 bridgehead atoms. The monoisotopic (exact) mass is 338 g/mol. The highest BCUT2D eigenvalue weighted by atomic mass is 32.2. The fraction of sp³-hybridized carbons (Fsp3) is 0.357. The second kappa shape index (κ2) is 7.23. The minimum atomic E-state index is -3.55. The van der Waals surface area contributed by atoms with Crippen molar-refractivity contribution in [1.82, 2.24) is 15.5 Å². The predicted octanol–water partition coefficient (Wildman–Crippen LogP) is 0.851. The Hall–Kier alpha value is -2.42. The molecule has 0 unspecified atom stereocenters. The molecule has 0 aliphatic rings. The molecule has 0 aliphatic heterocycles. The number of hydrogen-bond acceptors (Lipinski definition) is 6. The smallest absolute Gasteiger partial charge is 0.233 e. The Bertz CT molecular complexity index is 758. The first-order valence-electron chi connectivity index (χ1n) is 6.93. The minimum absolute atomic E-state index is 0.0102. The molecule has 0 saturated carbocycles. The molecule has 23 heavy (non-hydrogen) atoms. The summed E-state index contributed by atoms with van der Waals surface area (Å²) in [6.07, 6.45) is 4.38. The molecule has 1 amide bonds. The summed E-state index contributed by atoms with van der Waals surface area (Å²) in [6.45, 7) is 2.00. The van der Waals surface area contributed by atoms with Crippen LogP contribution in [-0.2, 0) is 21.4 Å². The minimum Gasteiger partial charge on any atom is -0.360 e. The Morgan fingerprint density at radius 3 is 2.78 bits per heavy atom. The highest BCUT2D eigenvalue weighted by molar-refractivity contribution is 7.92. The van der Waals surface area contributed by atoms with E-state index in [0.717, 1.165) is 16.1 Å². The van der Waals surface area contributed by atoms with Crippen LogP contribution in [-0.4, -0.2) is 37.3 Å². The Labute approximate surface area is 134 Å². The van der Waals surface area contributed by atoms with Gasteiger partial charge in [-0.3, -0.25) is 14.1 Å². The van der Waals surface area contributed by atoms with E-state index in [1.807, 2.05) is 6.07 Å². The molecule has 0 atom stereocenters. The summed E-state index contributed by atoms with van der Waals surface area (Å²) in [6, 6.07) is 5.13. The first kappa shape index (κ1) is 16.9. The second-order valence-electron chi connectivity index (χ2n) is 5.02. The van der Waals surface area contributed by atoms with Crippen molar-refractivity contribution in [2.45, 2.75) is 19.9 Å². The summed E-state index contributed by atoms with van der Waals surface area (Å²) in [5, 5.41) is 6.40. The van der Waals surface area contributed by atoms with Gasteiger partial charge in [0.2, 0.25) is 15.9 Å². The molecule has 0 aromatic carbocycles. The Morgan fingerprint density at radius 1 is 1.43 bits per heavy atom. The van der Waals surface area contributed by atoms with Gasteiger partial charge in [0.15, 0.2) is 5.82 Å². The quantitative estimate of drug-likeness (QED) is 0.802. The van der Waals surface area contributed by atoms with Crippen molar-refractivity contribution in [3.05, 3.63) is 41.9 Å². The number of rotatable bonds is 7. The van der Waals surface area contributed by atoms with Crippen LogP contribution < -0.4 is 9.62 Å². The largest absolute Gasteiger partial charge is 0.360 e. The highest BCUT2D eigenvalue weighted by Crippen LogP contribution is 2.17. The first-order chi connectivity index (χ1) is 10.9. The Balaban J connectivity index is 1.92. The van der Waals surface area contributed by atoms with Crippen LogP contribution in [0.4, 0.5) is 5.82 Å². The summed E-state index contributed by atoms with van der Waals surface area (Å²) in [4.78, 5) is 15.8. The number of carbonyl (C=O) groups is 1. The molecule has 0 radical (unpaired) electrons. The maximum absolute atomic E-state index is 11.9. The highest BCUT2D eigenvalue weighted by Gasteiger charge is 2.21. The first-order valence-corrected chi connectivity index (χ1v) is 8.78. The maximum atomic E-state index is 11.9. The van der Waals surface area contributed by atoms with Gasteiger partial charge in [0.25, 0.3) is 0 Å². The second-order valence-corrected chi connectivity index (χ2v) is 6.93. The van der Waals surface area contributed by atoms with Crippen molar-refractivity contribution in [3.63, 3.8) is 0 Å². The van der Waals surface area contributed by atoms with Gasteiger partial charge in [-0.15, -0.1) is 0 Å². The van der Waals surface area contributed by atoms with Crippen LogP contribution in [0.25, 0.3) is 0 Å². The number of nitrogens with zero attached hydrogens (tertiary/aromatic N) is 3. The van der Waals surface area contributed by atoms with Gasteiger partial charge in [-0.1, -0.05) is 11.2 Å². The molecule has 9 heteroatoms. The number of hydrogen-bond donors (Lipinski definition) is 1. The van der Waals surface area contributed by atoms with E-state index in [9.17, 15) is 13.2 Å². The zero-order valence-electron chi connectivity index (χ0n) is 12.9. The number of aryl methyl sites for hydroxylation is 1. The van der Waals surface area contributed by atoms with Gasteiger partial charge in [0.05, 0.1) is 6.26 Å². The van der Waals surface area contributed by atoms with Crippen LogP contribution in [0.3, 0.4) is 0 Å². The molecule has 2 rings (SSSR count). The van der Waals surface area contributed by atoms with E-state index >= 15 is 0 Å². The van der Waals surface area contributed by atoms with Crippen molar-refractivity contribution in [2.75, 3.05) is 17.1 Å². The van der Waals surface area contributed by atoms with E-state index in [4.69, 9.17) is 4.52 Å². The molecular formula is C14H18N4O4S. The lowest BCUT2D eigenvalue weighted by molar-refractivity contribution is -0.121. The SMILES string of the molecule is Cc1cc(N(CCC(=O)NCc2cccnc2)S(C)(=O)=O)no1. The third kappa shape index (κ3) is 5.06. The van der Waals surface area contributed by atoms with Crippen LogP contribution in [0.5, 0.6) is 0 Å². The van der Waals surface area contributed by atoms with Crippen molar-refractivity contribution < 1.29 is 17.7 Å². The van der Waals surface area contributed by atoms with Crippen molar-refractivity contribution in [2.24, 2.45) is 0 Å². The van der Waals surface area contributed by atoms with Crippen molar-refractivity contribution >= 4 is 21.7 Å². The molecule has 124 valence electrons. The van der Waals surface area contributed by atoms with E-state index in [1.165, 1.54) is 6.07 Å². The van der Waals surface area contributed by atoms with Crippen LogP contribution in [0.1, 0.15) is 17.7 Å². The van der Waals surface area contributed by atoms with E-state index in [1.54, 1.807) is 25.4 Å². The van der Waals surface area contributed by atoms with Gasteiger partial charge in [0, 0.05) is 38.0 Å². The van der Waals surface area contributed by atoms with Crippen LogP contribution in [0, 0.1) is 6.92 Å². The van der Waals surface area contributed by atoms with Gasteiger partial charge in [-0.2, -0.15) is 0 Å². The van der Waals surface area contributed by atoms with E-state index < -0.39 is 10.0 Å². The third-order valence-corrected chi connectivity index (χ3v) is 4.20. The molecule has 8 nitrogen and oxygen atoms in total. The van der Waals surface area contributed by atoms with Gasteiger partial charge < -0.3 is 9.84 Å². The summed E-state index contributed by atoms with van der Waals surface area (Å²) >= 11 is 0. The molecular weight excluding hydrogens is 320 g/mol. The van der Waals surface area contributed by atoms with Crippen molar-refractivity contribution in [3.8, 4) is 0 Å². The summed E-state index contributed by atoms with van der Waals surface area (Å²) in [7, 11) is -3.55. The van der Waals surface area contributed by atoms with Crippen molar-refractivity contribution in [1.29, 1.82) is 0 Å². The van der Waals surface area contributed by atoms with Crippen LogP contribution >= 0.6 is 0 Å². The Morgan fingerprint density at radius 2 is 2.22 bits per heavy atom. The number of aromatic nitrogens is 2. The fourth-order valence-electron chi connectivity index (χ4n) is 1.92. The summed E-state index contributed by atoms with van der Waals surface area (Å²) in [5.41, 5.74) is 0.868. The zero-order chi connectivity index (χ0) is 16.9. The van der Waals surface area contributed by atoms with Crippen LogP contribution in [0.2, 0.25) is 0 Å². The summed E-state index contributed by atoms with van der Waals surface area (Å²) < 4.78 is 29.6. The maximum Gasteiger partial charge on any atom is 0.233 e. The fourth-order valence-corrected chi connectivity index (χ4v) is 2.76. The normalized spacial score (nSPS) is 11.2. The number of nitrogens with one attached hydrogen (secondary N) is 1.